The summed E-state index contributed by atoms with van der Waals surface area (Å²) in [5.74, 6) is -1.41. The summed E-state index contributed by atoms with van der Waals surface area (Å²) < 4.78 is 0. The van der Waals surface area contributed by atoms with E-state index in [1.807, 2.05) is 0 Å². The van der Waals surface area contributed by atoms with Crippen molar-refractivity contribution in [1.82, 2.24) is 0 Å². The summed E-state index contributed by atoms with van der Waals surface area (Å²) >= 11 is 27.9. The van der Waals surface area contributed by atoms with E-state index in [1.54, 1.807) is 0 Å². The van der Waals surface area contributed by atoms with Crippen LogP contribution in [0.4, 0.5) is 0 Å². The molecular weight excluding hydrogens is 321 g/mol. The molecule has 0 unspecified atom stereocenters. The van der Waals surface area contributed by atoms with Crippen molar-refractivity contribution in [2.45, 2.75) is 0 Å². The van der Waals surface area contributed by atoms with Crippen molar-refractivity contribution in [2.24, 2.45) is 0 Å². The van der Waals surface area contributed by atoms with Crippen molar-refractivity contribution in [3.63, 3.8) is 0 Å². The minimum Gasteiger partial charge on any atom is -0.478 e. The first-order valence-corrected chi connectivity index (χ1v) is 5.47. The van der Waals surface area contributed by atoms with E-state index in [2.05, 4.69) is 0 Å². The highest BCUT2D eigenvalue weighted by molar-refractivity contribution is 6.70. The van der Waals surface area contributed by atoms with Gasteiger partial charge >= 0.3 is 5.97 Å². The van der Waals surface area contributed by atoms with Gasteiger partial charge in [-0.25, -0.2) is 4.79 Å². The lowest BCUT2D eigenvalue weighted by Gasteiger charge is -2.10. The molecule has 0 spiro atoms. The number of hydrogen-bond donors (Lipinski definition) is 1. The van der Waals surface area contributed by atoms with Gasteiger partial charge in [-0.1, -0.05) is 46.4 Å². The van der Waals surface area contributed by atoms with Crippen LogP contribution in [0.25, 0.3) is 0 Å². The molecule has 8 heteroatoms. The molecule has 1 aromatic carbocycles. The molecule has 0 saturated heterocycles. The van der Waals surface area contributed by atoms with Crippen LogP contribution in [0.2, 0.25) is 20.1 Å². The number of carboxylic acid groups (broad SMARTS) is 1. The number of carbonyl (C=O) groups excluding carboxylic acids is 1. The van der Waals surface area contributed by atoms with Crippen molar-refractivity contribution >= 4 is 69.2 Å². The van der Waals surface area contributed by atoms with Gasteiger partial charge in [0.2, 0.25) is 0 Å². The molecule has 0 saturated carbocycles. The molecule has 0 amide bonds. The molecule has 0 aliphatic carbocycles. The van der Waals surface area contributed by atoms with Gasteiger partial charge in [-0.3, -0.25) is 4.79 Å². The third kappa shape index (κ3) is 2.24. The molecule has 1 aromatic rings. The van der Waals surface area contributed by atoms with E-state index in [1.165, 1.54) is 0 Å². The smallest absolute Gasteiger partial charge is 0.338 e. The van der Waals surface area contributed by atoms with E-state index in [0.29, 0.717) is 0 Å². The quantitative estimate of drug-likeness (QED) is 0.649. The van der Waals surface area contributed by atoms with E-state index in [9.17, 15) is 9.59 Å². The number of aromatic carboxylic acids is 1. The van der Waals surface area contributed by atoms with E-state index in [0.717, 1.165) is 0 Å². The molecule has 86 valence electrons. The van der Waals surface area contributed by atoms with Crippen LogP contribution in [0.1, 0.15) is 20.7 Å². The van der Waals surface area contributed by atoms with Crippen molar-refractivity contribution in [3.05, 3.63) is 31.2 Å². The molecule has 0 radical (unpaired) electrons. The number of carboxylic acids is 1. The third-order valence-electron chi connectivity index (χ3n) is 1.67. The normalized spacial score (nSPS) is 10.3. The average molecular weight is 322 g/mol. The maximum atomic E-state index is 11.0. The summed E-state index contributed by atoms with van der Waals surface area (Å²) in [6.45, 7) is 0. The van der Waals surface area contributed by atoms with E-state index < -0.39 is 16.8 Å². The lowest BCUT2D eigenvalue weighted by atomic mass is 10.1. The second-order valence-electron chi connectivity index (χ2n) is 2.58. The molecule has 0 atom stereocenters. The standard InChI is InChI=1S/C8HCl5O3/c9-3-1(7(13)14)4(10)6(12)2(5(3)11)8(15)16/h(H,15,16). The van der Waals surface area contributed by atoms with Gasteiger partial charge in [-0.2, -0.15) is 0 Å². The molecule has 0 bridgehead atoms. The fourth-order valence-corrected chi connectivity index (χ4v) is 2.46. The Kier molecular flexibility index (Phi) is 4.32. The van der Waals surface area contributed by atoms with Crippen molar-refractivity contribution in [1.29, 1.82) is 0 Å². The Bertz CT molecular complexity index is 423. The van der Waals surface area contributed by atoms with Crippen molar-refractivity contribution in [2.75, 3.05) is 0 Å². The van der Waals surface area contributed by atoms with Crippen LogP contribution < -0.4 is 0 Å². The van der Waals surface area contributed by atoms with Gasteiger partial charge in [0, 0.05) is 0 Å². The van der Waals surface area contributed by atoms with E-state index in [-0.39, 0.29) is 25.7 Å². The molecule has 1 N–H and O–H groups in total. The van der Waals surface area contributed by atoms with Gasteiger partial charge in [0.15, 0.2) is 0 Å². The second-order valence-corrected chi connectivity index (χ2v) is 4.44. The number of hydrogen-bond acceptors (Lipinski definition) is 2. The lowest BCUT2D eigenvalue weighted by Crippen LogP contribution is -2.04. The first-order valence-electron chi connectivity index (χ1n) is 3.58. The third-order valence-corrected chi connectivity index (χ3v) is 3.57. The van der Waals surface area contributed by atoms with Gasteiger partial charge in [0.1, 0.15) is 0 Å². The van der Waals surface area contributed by atoms with Crippen LogP contribution in [0.5, 0.6) is 0 Å². The molecule has 0 aliphatic heterocycles. The summed E-state index contributed by atoms with van der Waals surface area (Å²) in [7, 11) is 0. The Balaban J connectivity index is 3.77. The number of halogens is 5. The Hall–Kier alpha value is -0.190. The zero-order valence-electron chi connectivity index (χ0n) is 7.15. The van der Waals surface area contributed by atoms with Crippen molar-refractivity contribution < 1.29 is 14.7 Å². The molecular formula is C8HCl5O3. The fourth-order valence-electron chi connectivity index (χ4n) is 0.992. The summed E-state index contributed by atoms with van der Waals surface area (Å²) in [6, 6.07) is 0. The minimum absolute atomic E-state index is 0.315. The average Bonchev–Trinajstić information content (AvgIpc) is 2.14. The summed E-state index contributed by atoms with van der Waals surface area (Å²) in [6.07, 6.45) is 0. The maximum Gasteiger partial charge on any atom is 0.338 e. The molecule has 16 heavy (non-hydrogen) atoms. The molecule has 0 heterocycles. The van der Waals surface area contributed by atoms with Crippen LogP contribution in [0, 0.1) is 0 Å². The topological polar surface area (TPSA) is 54.4 Å². The summed E-state index contributed by atoms with van der Waals surface area (Å²) in [5, 5.41) is 6.40. The predicted molar refractivity (Wildman–Crippen MR) is 63.6 cm³/mol. The first-order chi connectivity index (χ1) is 7.29. The SMILES string of the molecule is O=C(O)c1c(Cl)c(Cl)c(C(=O)Cl)c(Cl)c1Cl. The minimum atomic E-state index is -1.41. The molecule has 0 aliphatic rings. The maximum absolute atomic E-state index is 11.0. The molecule has 0 fully saturated rings. The van der Waals surface area contributed by atoms with Gasteiger partial charge < -0.3 is 5.11 Å². The van der Waals surface area contributed by atoms with E-state index in [4.69, 9.17) is 63.1 Å². The second kappa shape index (κ2) is 4.98. The van der Waals surface area contributed by atoms with Crippen molar-refractivity contribution in [3.8, 4) is 0 Å². The van der Waals surface area contributed by atoms with Crippen LogP contribution in [0.15, 0.2) is 0 Å². The Morgan fingerprint density at radius 3 is 1.38 bits per heavy atom. The molecule has 3 nitrogen and oxygen atoms in total. The monoisotopic (exact) mass is 320 g/mol. The zero-order chi connectivity index (χ0) is 12.6. The van der Waals surface area contributed by atoms with E-state index >= 15 is 0 Å². The highest BCUT2D eigenvalue weighted by atomic mass is 35.5. The Morgan fingerprint density at radius 2 is 1.12 bits per heavy atom. The largest absolute Gasteiger partial charge is 0.478 e. The van der Waals surface area contributed by atoms with Gasteiger partial charge in [-0.15, -0.1) is 0 Å². The first kappa shape index (κ1) is 13.9. The van der Waals surface area contributed by atoms with Crippen LogP contribution in [-0.4, -0.2) is 16.3 Å². The van der Waals surface area contributed by atoms with Crippen LogP contribution in [0.3, 0.4) is 0 Å². The van der Waals surface area contributed by atoms with Crippen LogP contribution in [-0.2, 0) is 0 Å². The zero-order valence-corrected chi connectivity index (χ0v) is 10.9. The predicted octanol–water partition coefficient (Wildman–Crippen LogP) is 4.38. The van der Waals surface area contributed by atoms with Gasteiger partial charge in [0.05, 0.1) is 31.2 Å². The summed E-state index contributed by atoms with van der Waals surface area (Å²) in [5.41, 5.74) is -0.787. The van der Waals surface area contributed by atoms with Gasteiger partial charge in [0.25, 0.3) is 5.24 Å². The Morgan fingerprint density at radius 1 is 0.812 bits per heavy atom. The number of benzene rings is 1. The fraction of sp³-hybridized carbons (Fsp3) is 0. The highest BCUT2D eigenvalue weighted by Gasteiger charge is 2.26. The van der Waals surface area contributed by atoms with Crippen LogP contribution >= 0.6 is 58.0 Å². The highest BCUT2D eigenvalue weighted by Crippen LogP contribution is 2.41. The van der Waals surface area contributed by atoms with Gasteiger partial charge in [-0.05, 0) is 11.6 Å². The number of rotatable bonds is 2. The summed E-state index contributed by atoms with van der Waals surface area (Å²) in [4.78, 5) is 21.8. The Labute approximate surface area is 115 Å². The lowest BCUT2D eigenvalue weighted by molar-refractivity contribution is 0.0697. The molecule has 1 rings (SSSR count). The number of carbonyl (C=O) groups is 2. The molecule has 0 aromatic heterocycles.